The summed E-state index contributed by atoms with van der Waals surface area (Å²) in [6.45, 7) is 34.2. The van der Waals surface area contributed by atoms with Gasteiger partial charge in [-0.05, 0) is 84.7 Å². The first kappa shape index (κ1) is 37.4. The summed E-state index contributed by atoms with van der Waals surface area (Å²) in [5, 5.41) is 0. The van der Waals surface area contributed by atoms with Gasteiger partial charge >= 0.3 is 0 Å². The highest BCUT2D eigenvalue weighted by Gasteiger charge is 2.51. The van der Waals surface area contributed by atoms with E-state index in [-0.39, 0.29) is 0 Å². The smallest absolute Gasteiger partial charge is 0.122 e. The Hall–Kier alpha value is 0.394. The topological polar surface area (TPSA) is 3.24 Å². The van der Waals surface area contributed by atoms with Crippen LogP contribution in [-0.4, -0.2) is 27.2 Å². The van der Waals surface area contributed by atoms with Crippen LogP contribution in [0.2, 0.25) is 36.3 Å². The van der Waals surface area contributed by atoms with E-state index >= 15 is 0 Å². The minimum atomic E-state index is -1.64. The molecule has 0 heterocycles. The predicted molar refractivity (Wildman–Crippen MR) is 179 cm³/mol. The third kappa shape index (κ3) is 15.7. The third-order valence-electron chi connectivity index (χ3n) is 8.11. The number of rotatable bonds is 23. The molecule has 0 saturated heterocycles. The van der Waals surface area contributed by atoms with Crippen molar-refractivity contribution >= 4 is 16.5 Å². The van der Waals surface area contributed by atoms with E-state index in [1.807, 2.05) is 0 Å². The molecule has 0 unspecified atom stereocenters. The Kier molecular flexibility index (Phi) is 19.7. The van der Waals surface area contributed by atoms with E-state index in [2.05, 4.69) is 94.2 Å². The lowest BCUT2D eigenvalue weighted by Gasteiger charge is -2.57. The molecule has 0 radical (unpaired) electrons. The largest absolute Gasteiger partial charge is 0.345 e. The molecule has 3 heteroatoms. The Morgan fingerprint density at radius 1 is 0.378 bits per heavy atom. The molecule has 0 rings (SSSR count). The standard InChI is InChI=1S/C34H75NSi2/c1-14-15-16-17-18-19-20-21-22-35(36(23-29(2)3,24-30(4)5)25-31(6)7)37(26-32(8)9,27-33(10)11)28-34(12)13/h29-34H,14-28H2,1-13H3. The van der Waals surface area contributed by atoms with E-state index in [0.29, 0.717) is 0 Å². The van der Waals surface area contributed by atoms with Crippen LogP contribution in [0.1, 0.15) is 141 Å². The average Bonchev–Trinajstić information content (AvgIpc) is 2.69. The molecule has 0 fully saturated rings. The molecule has 0 aromatic carbocycles. The van der Waals surface area contributed by atoms with Crippen LogP contribution >= 0.6 is 0 Å². The predicted octanol–water partition coefficient (Wildman–Crippen LogP) is 12.3. The van der Waals surface area contributed by atoms with Crippen LogP contribution in [-0.2, 0) is 0 Å². The highest BCUT2D eigenvalue weighted by Crippen LogP contribution is 2.44. The molecule has 0 bridgehead atoms. The van der Waals surface area contributed by atoms with Crippen molar-refractivity contribution in [1.82, 2.24) is 4.23 Å². The van der Waals surface area contributed by atoms with E-state index < -0.39 is 16.5 Å². The normalized spacial score (nSPS) is 13.6. The van der Waals surface area contributed by atoms with Crippen molar-refractivity contribution < 1.29 is 0 Å². The van der Waals surface area contributed by atoms with Crippen molar-refractivity contribution in [3.63, 3.8) is 0 Å². The number of hydrogen-bond acceptors (Lipinski definition) is 1. The Morgan fingerprint density at radius 2 is 0.622 bits per heavy atom. The van der Waals surface area contributed by atoms with Crippen molar-refractivity contribution in [2.45, 2.75) is 178 Å². The second-order valence-corrected chi connectivity index (χ2v) is 24.5. The maximum absolute atomic E-state index is 3.51. The first-order valence-electron chi connectivity index (χ1n) is 17.0. The summed E-state index contributed by atoms with van der Waals surface area (Å²) in [6.07, 6.45) is 11.5. The Bertz CT molecular complexity index is 447. The lowest BCUT2D eigenvalue weighted by atomic mass is 10.1. The molecule has 0 amide bonds. The zero-order valence-corrected chi connectivity index (χ0v) is 30.5. The summed E-state index contributed by atoms with van der Waals surface area (Å²) in [5.41, 5.74) is 0. The zero-order valence-electron chi connectivity index (χ0n) is 28.5. The average molecular weight is 554 g/mol. The van der Waals surface area contributed by atoms with Crippen LogP contribution < -0.4 is 0 Å². The van der Waals surface area contributed by atoms with E-state index in [9.17, 15) is 0 Å². The first-order valence-corrected chi connectivity index (χ1v) is 22.1. The van der Waals surface area contributed by atoms with Gasteiger partial charge in [-0.25, -0.2) is 0 Å². The monoisotopic (exact) mass is 554 g/mol. The molecular weight excluding hydrogens is 479 g/mol. The highest BCUT2D eigenvalue weighted by atomic mass is 28.4. The molecule has 0 aromatic heterocycles. The molecule has 0 aliphatic heterocycles. The summed E-state index contributed by atoms with van der Waals surface area (Å²) in [4.78, 5) is 0. The van der Waals surface area contributed by atoms with Gasteiger partial charge in [0.05, 0.1) is 0 Å². The highest BCUT2D eigenvalue weighted by molar-refractivity contribution is 6.93. The lowest BCUT2D eigenvalue weighted by molar-refractivity contribution is 0.463. The Morgan fingerprint density at radius 3 is 0.865 bits per heavy atom. The zero-order chi connectivity index (χ0) is 28.6. The van der Waals surface area contributed by atoms with Gasteiger partial charge in [-0.1, -0.05) is 135 Å². The van der Waals surface area contributed by atoms with Crippen LogP contribution in [0.4, 0.5) is 0 Å². The van der Waals surface area contributed by atoms with E-state index in [1.165, 1.54) is 94.2 Å². The molecule has 0 aliphatic rings. The van der Waals surface area contributed by atoms with Gasteiger partial charge in [0.25, 0.3) is 0 Å². The first-order chi connectivity index (χ1) is 17.2. The SMILES string of the molecule is CCCCCCCCCCN([Si](CC(C)C)(CC(C)C)CC(C)C)[Si](CC(C)C)(CC(C)C)CC(C)C. The van der Waals surface area contributed by atoms with Crippen molar-refractivity contribution in [1.29, 1.82) is 0 Å². The van der Waals surface area contributed by atoms with Crippen LogP contribution in [0.3, 0.4) is 0 Å². The summed E-state index contributed by atoms with van der Waals surface area (Å²) in [7, 11) is -3.28. The fourth-order valence-electron chi connectivity index (χ4n) is 8.10. The third-order valence-corrected chi connectivity index (χ3v) is 23.2. The molecular formula is C34H75NSi2. The van der Waals surface area contributed by atoms with Crippen molar-refractivity contribution in [3.05, 3.63) is 0 Å². The van der Waals surface area contributed by atoms with Gasteiger partial charge in [0.1, 0.15) is 16.5 Å². The quantitative estimate of drug-likeness (QED) is 0.0898. The summed E-state index contributed by atoms with van der Waals surface area (Å²) in [5.74, 6) is 4.88. The number of unbranched alkanes of at least 4 members (excludes halogenated alkanes) is 7. The summed E-state index contributed by atoms with van der Waals surface area (Å²) in [6, 6.07) is 9.10. The molecule has 0 atom stereocenters. The molecule has 0 aromatic rings. The maximum atomic E-state index is 3.51. The van der Waals surface area contributed by atoms with Gasteiger partial charge < -0.3 is 4.23 Å². The van der Waals surface area contributed by atoms with Gasteiger partial charge in [-0.2, -0.15) is 0 Å². The molecule has 0 aliphatic carbocycles. The summed E-state index contributed by atoms with van der Waals surface area (Å²) >= 11 is 0. The van der Waals surface area contributed by atoms with Gasteiger partial charge in [-0.15, -0.1) is 0 Å². The maximum Gasteiger partial charge on any atom is 0.122 e. The molecule has 0 N–H and O–H groups in total. The van der Waals surface area contributed by atoms with Crippen molar-refractivity contribution in [2.75, 3.05) is 6.54 Å². The van der Waals surface area contributed by atoms with Gasteiger partial charge in [-0.3, -0.25) is 0 Å². The van der Waals surface area contributed by atoms with Crippen LogP contribution in [0.5, 0.6) is 0 Å². The second-order valence-electron chi connectivity index (χ2n) is 15.7. The van der Waals surface area contributed by atoms with Crippen LogP contribution in [0, 0.1) is 35.5 Å². The molecule has 0 saturated carbocycles. The minimum Gasteiger partial charge on any atom is -0.345 e. The Labute approximate surface area is 239 Å². The molecule has 224 valence electrons. The number of hydrogen-bond donors (Lipinski definition) is 0. The minimum absolute atomic E-state index is 0.814. The van der Waals surface area contributed by atoms with E-state index in [4.69, 9.17) is 0 Å². The van der Waals surface area contributed by atoms with Crippen LogP contribution in [0.25, 0.3) is 0 Å². The van der Waals surface area contributed by atoms with Gasteiger partial charge in [0.15, 0.2) is 0 Å². The van der Waals surface area contributed by atoms with Gasteiger partial charge in [0.2, 0.25) is 0 Å². The van der Waals surface area contributed by atoms with Crippen molar-refractivity contribution in [2.24, 2.45) is 35.5 Å². The van der Waals surface area contributed by atoms with Crippen LogP contribution in [0.15, 0.2) is 0 Å². The van der Waals surface area contributed by atoms with Crippen molar-refractivity contribution in [3.8, 4) is 0 Å². The van der Waals surface area contributed by atoms with E-state index in [1.54, 1.807) is 0 Å². The summed E-state index contributed by atoms with van der Waals surface area (Å²) < 4.78 is 3.51. The number of nitrogens with zero attached hydrogens (tertiary/aromatic N) is 1. The van der Waals surface area contributed by atoms with Gasteiger partial charge in [0, 0.05) is 0 Å². The fraction of sp³-hybridized carbons (Fsp3) is 1.00. The fourth-order valence-corrected chi connectivity index (χ4v) is 26.5. The molecule has 1 nitrogen and oxygen atoms in total. The van der Waals surface area contributed by atoms with E-state index in [0.717, 1.165) is 35.5 Å². The molecule has 37 heavy (non-hydrogen) atoms. The lowest BCUT2D eigenvalue weighted by Crippen LogP contribution is -2.69. The molecule has 0 spiro atoms. The second kappa shape index (κ2) is 19.5. The Balaban J connectivity index is 6.54.